The van der Waals surface area contributed by atoms with E-state index in [0.29, 0.717) is 18.7 Å². The third-order valence-corrected chi connectivity index (χ3v) is 4.08. The summed E-state index contributed by atoms with van der Waals surface area (Å²) < 4.78 is 13.8. The summed E-state index contributed by atoms with van der Waals surface area (Å²) in [6.07, 6.45) is 2.79. The quantitative estimate of drug-likeness (QED) is 0.781. The van der Waals surface area contributed by atoms with Crippen LogP contribution in [-0.2, 0) is 11.3 Å². The van der Waals surface area contributed by atoms with Crippen molar-refractivity contribution in [2.24, 2.45) is 0 Å². The van der Waals surface area contributed by atoms with Crippen molar-refractivity contribution in [1.82, 2.24) is 15.1 Å². The molecular weight excluding hydrogens is 281 g/mol. The lowest BCUT2D eigenvalue weighted by Crippen LogP contribution is -2.43. The maximum Gasteiger partial charge on any atom is 0.237 e. The number of likely N-dealkylation sites (tertiary alicyclic amines) is 1. The number of carbonyl (C=O) groups is 1. The van der Waals surface area contributed by atoms with Gasteiger partial charge < -0.3 is 10.2 Å². The number of benzene rings is 1. The highest BCUT2D eigenvalue weighted by Gasteiger charge is 2.30. The number of hydrogen-bond donors (Lipinski definition) is 1. The first-order valence-electron chi connectivity index (χ1n) is 7.98. The minimum Gasteiger partial charge on any atom is -0.355 e. The van der Waals surface area contributed by atoms with Crippen LogP contribution in [0.2, 0.25) is 0 Å². The molecule has 1 heterocycles. The van der Waals surface area contributed by atoms with Crippen molar-refractivity contribution in [3.05, 3.63) is 35.6 Å². The average Bonchev–Trinajstić information content (AvgIpc) is 2.94. The minimum atomic E-state index is -0.195. The van der Waals surface area contributed by atoms with E-state index in [1.165, 1.54) is 6.07 Å². The van der Waals surface area contributed by atoms with Gasteiger partial charge in [0.2, 0.25) is 5.91 Å². The Kier molecular flexibility index (Phi) is 6.34. The molecule has 0 radical (unpaired) electrons. The fraction of sp³-hybridized carbons (Fsp3) is 0.588. The van der Waals surface area contributed by atoms with Gasteiger partial charge in [0.25, 0.3) is 0 Å². The van der Waals surface area contributed by atoms with E-state index in [9.17, 15) is 9.18 Å². The molecule has 2 rings (SSSR count). The van der Waals surface area contributed by atoms with Gasteiger partial charge >= 0.3 is 0 Å². The second-order valence-corrected chi connectivity index (χ2v) is 6.17. The third-order valence-electron chi connectivity index (χ3n) is 4.08. The summed E-state index contributed by atoms with van der Waals surface area (Å²) in [6.45, 7) is 3.01. The second-order valence-electron chi connectivity index (χ2n) is 6.17. The minimum absolute atomic E-state index is 0.0765. The first-order valence-corrected chi connectivity index (χ1v) is 7.98. The Morgan fingerprint density at radius 3 is 2.91 bits per heavy atom. The maximum absolute atomic E-state index is 13.8. The summed E-state index contributed by atoms with van der Waals surface area (Å²) in [7, 11) is 4.05. The van der Waals surface area contributed by atoms with Crippen LogP contribution in [0, 0.1) is 5.82 Å². The molecule has 4 nitrogen and oxygen atoms in total. The summed E-state index contributed by atoms with van der Waals surface area (Å²) in [5.41, 5.74) is 0.662. The molecule has 0 spiro atoms. The largest absolute Gasteiger partial charge is 0.355 e. The SMILES string of the molecule is CN(C)CCCNC(=O)C1CCCN1Cc1ccccc1F. The fourth-order valence-corrected chi connectivity index (χ4v) is 2.88. The lowest BCUT2D eigenvalue weighted by atomic mass is 10.1. The van der Waals surface area contributed by atoms with Gasteiger partial charge in [0.15, 0.2) is 0 Å². The van der Waals surface area contributed by atoms with Gasteiger partial charge in [-0.2, -0.15) is 0 Å². The zero-order valence-electron chi connectivity index (χ0n) is 13.5. The van der Waals surface area contributed by atoms with Gasteiger partial charge in [-0.25, -0.2) is 4.39 Å². The van der Waals surface area contributed by atoms with Crippen LogP contribution in [0.15, 0.2) is 24.3 Å². The van der Waals surface area contributed by atoms with E-state index >= 15 is 0 Å². The van der Waals surface area contributed by atoms with Crippen molar-refractivity contribution in [2.75, 3.05) is 33.7 Å². The van der Waals surface area contributed by atoms with Crippen molar-refractivity contribution in [3.8, 4) is 0 Å². The molecule has 5 heteroatoms. The number of halogens is 1. The first kappa shape index (κ1) is 16.9. The van der Waals surface area contributed by atoms with Crippen LogP contribution in [0.25, 0.3) is 0 Å². The molecule has 1 aliphatic heterocycles. The molecule has 1 amide bonds. The van der Waals surface area contributed by atoms with Crippen LogP contribution >= 0.6 is 0 Å². The summed E-state index contributed by atoms with van der Waals surface area (Å²) in [5.74, 6) is -0.118. The van der Waals surface area contributed by atoms with Gasteiger partial charge in [0.1, 0.15) is 5.82 Å². The van der Waals surface area contributed by atoms with Crippen LogP contribution in [0.4, 0.5) is 4.39 Å². The first-order chi connectivity index (χ1) is 10.6. The van der Waals surface area contributed by atoms with Crippen LogP contribution in [0.5, 0.6) is 0 Å². The topological polar surface area (TPSA) is 35.6 Å². The predicted octanol–water partition coefficient (Wildman–Crippen LogP) is 1.86. The van der Waals surface area contributed by atoms with Crippen molar-refractivity contribution in [1.29, 1.82) is 0 Å². The number of rotatable bonds is 7. The summed E-state index contributed by atoms with van der Waals surface area (Å²) in [4.78, 5) is 16.5. The number of amides is 1. The van der Waals surface area contributed by atoms with Gasteiger partial charge in [-0.05, 0) is 52.5 Å². The summed E-state index contributed by atoms with van der Waals surface area (Å²) >= 11 is 0. The van der Waals surface area contributed by atoms with Crippen molar-refractivity contribution in [2.45, 2.75) is 31.8 Å². The standard InChI is InChI=1S/C17H26FN3O/c1-20(2)11-6-10-19-17(22)16-9-5-12-21(16)13-14-7-3-4-8-15(14)18/h3-4,7-8,16H,5-6,9-13H2,1-2H3,(H,19,22). The molecule has 1 aliphatic rings. The Morgan fingerprint density at radius 2 is 2.18 bits per heavy atom. The molecule has 1 atom stereocenters. The Balaban J connectivity index is 1.85. The lowest BCUT2D eigenvalue weighted by molar-refractivity contribution is -0.125. The Hall–Kier alpha value is -1.46. The summed E-state index contributed by atoms with van der Waals surface area (Å²) in [5, 5.41) is 3.01. The van der Waals surface area contributed by atoms with E-state index < -0.39 is 0 Å². The van der Waals surface area contributed by atoms with Crippen LogP contribution in [0.1, 0.15) is 24.8 Å². The van der Waals surface area contributed by atoms with Gasteiger partial charge in [-0.15, -0.1) is 0 Å². The van der Waals surface area contributed by atoms with Crippen molar-refractivity contribution in [3.63, 3.8) is 0 Å². The van der Waals surface area contributed by atoms with Crippen LogP contribution in [-0.4, -0.2) is 55.5 Å². The van der Waals surface area contributed by atoms with Gasteiger partial charge in [0.05, 0.1) is 6.04 Å². The molecule has 1 aromatic rings. The molecule has 0 aromatic heterocycles. The molecule has 1 saturated heterocycles. The monoisotopic (exact) mass is 307 g/mol. The van der Waals surface area contributed by atoms with Gasteiger partial charge in [0, 0.05) is 18.7 Å². The number of carbonyl (C=O) groups excluding carboxylic acids is 1. The van der Waals surface area contributed by atoms with E-state index in [0.717, 1.165) is 32.4 Å². The van der Waals surface area contributed by atoms with E-state index in [4.69, 9.17) is 0 Å². The molecule has 1 N–H and O–H groups in total. The second kappa shape index (κ2) is 8.25. The number of nitrogens with zero attached hydrogens (tertiary/aromatic N) is 2. The fourth-order valence-electron chi connectivity index (χ4n) is 2.88. The molecule has 0 saturated carbocycles. The predicted molar refractivity (Wildman–Crippen MR) is 86.0 cm³/mol. The van der Waals surface area contributed by atoms with Crippen molar-refractivity contribution >= 4 is 5.91 Å². The average molecular weight is 307 g/mol. The van der Waals surface area contributed by atoms with E-state index in [1.54, 1.807) is 12.1 Å². The van der Waals surface area contributed by atoms with Gasteiger partial charge in [-0.3, -0.25) is 9.69 Å². The number of nitrogens with one attached hydrogen (secondary N) is 1. The molecule has 122 valence electrons. The molecule has 1 aromatic carbocycles. The highest BCUT2D eigenvalue weighted by atomic mass is 19.1. The van der Waals surface area contributed by atoms with E-state index in [2.05, 4.69) is 15.1 Å². The zero-order valence-corrected chi connectivity index (χ0v) is 13.5. The molecule has 1 fully saturated rings. The smallest absolute Gasteiger partial charge is 0.237 e. The molecule has 0 bridgehead atoms. The Bertz CT molecular complexity index is 493. The molecule has 22 heavy (non-hydrogen) atoms. The molecular formula is C17H26FN3O. The molecule has 1 unspecified atom stereocenters. The highest BCUT2D eigenvalue weighted by molar-refractivity contribution is 5.82. The zero-order chi connectivity index (χ0) is 15.9. The third kappa shape index (κ3) is 4.78. The molecule has 0 aliphatic carbocycles. The van der Waals surface area contributed by atoms with Gasteiger partial charge in [-0.1, -0.05) is 18.2 Å². The summed E-state index contributed by atoms with van der Waals surface area (Å²) in [6, 6.07) is 6.67. The van der Waals surface area contributed by atoms with Crippen molar-refractivity contribution < 1.29 is 9.18 Å². The highest BCUT2D eigenvalue weighted by Crippen LogP contribution is 2.21. The Morgan fingerprint density at radius 1 is 1.41 bits per heavy atom. The van der Waals surface area contributed by atoms with Crippen LogP contribution < -0.4 is 5.32 Å². The number of hydrogen-bond acceptors (Lipinski definition) is 3. The normalized spacial score (nSPS) is 18.8. The maximum atomic E-state index is 13.8. The van der Waals surface area contributed by atoms with E-state index in [-0.39, 0.29) is 17.8 Å². The van der Waals surface area contributed by atoms with E-state index in [1.807, 2.05) is 20.2 Å². The van der Waals surface area contributed by atoms with Crippen LogP contribution in [0.3, 0.4) is 0 Å². The Labute approximate surface area is 132 Å². The lowest BCUT2D eigenvalue weighted by Gasteiger charge is -2.24.